The fourth-order valence-corrected chi connectivity index (χ4v) is 3.33. The SMILES string of the molecule is COc1ccc(/C=N/OCC(=O)NC(c2cccs2)C(C)C)cc1OC. The minimum Gasteiger partial charge on any atom is -0.493 e. The molecule has 26 heavy (non-hydrogen) atoms. The highest BCUT2D eigenvalue weighted by Crippen LogP contribution is 2.27. The fourth-order valence-electron chi connectivity index (χ4n) is 2.38. The van der Waals surface area contributed by atoms with E-state index in [-0.39, 0.29) is 24.5 Å². The number of oxime groups is 1. The Hall–Kier alpha value is -2.54. The van der Waals surface area contributed by atoms with Gasteiger partial charge in [0.1, 0.15) is 0 Å². The first kappa shape index (κ1) is 19.8. The summed E-state index contributed by atoms with van der Waals surface area (Å²) in [5.41, 5.74) is 0.779. The molecule has 1 aromatic heterocycles. The van der Waals surface area contributed by atoms with Crippen LogP contribution in [0.5, 0.6) is 11.5 Å². The maximum atomic E-state index is 12.1. The number of amides is 1. The van der Waals surface area contributed by atoms with E-state index in [9.17, 15) is 4.79 Å². The van der Waals surface area contributed by atoms with E-state index >= 15 is 0 Å². The molecule has 1 heterocycles. The Balaban J connectivity index is 1.86. The number of carbonyl (C=O) groups is 1. The van der Waals surface area contributed by atoms with Crippen molar-refractivity contribution in [3.05, 3.63) is 46.2 Å². The molecule has 0 saturated carbocycles. The van der Waals surface area contributed by atoms with E-state index in [0.29, 0.717) is 11.5 Å². The van der Waals surface area contributed by atoms with Crippen LogP contribution in [0.1, 0.15) is 30.3 Å². The molecule has 1 aromatic carbocycles. The Morgan fingerprint density at radius 2 is 2.00 bits per heavy atom. The molecule has 2 rings (SSSR count). The summed E-state index contributed by atoms with van der Waals surface area (Å²) < 4.78 is 10.4. The van der Waals surface area contributed by atoms with E-state index in [4.69, 9.17) is 14.3 Å². The highest BCUT2D eigenvalue weighted by Gasteiger charge is 2.19. The summed E-state index contributed by atoms with van der Waals surface area (Å²) in [6, 6.07) is 9.34. The van der Waals surface area contributed by atoms with Gasteiger partial charge in [-0.25, -0.2) is 0 Å². The van der Waals surface area contributed by atoms with E-state index < -0.39 is 0 Å². The highest BCUT2D eigenvalue weighted by molar-refractivity contribution is 7.10. The predicted molar refractivity (Wildman–Crippen MR) is 103 cm³/mol. The van der Waals surface area contributed by atoms with Gasteiger partial charge < -0.3 is 19.6 Å². The first-order chi connectivity index (χ1) is 12.5. The molecule has 0 aliphatic heterocycles. The average Bonchev–Trinajstić information content (AvgIpc) is 3.17. The van der Waals surface area contributed by atoms with Gasteiger partial charge in [-0.05, 0) is 35.6 Å². The molecule has 0 spiro atoms. The van der Waals surface area contributed by atoms with E-state index in [1.807, 2.05) is 23.6 Å². The summed E-state index contributed by atoms with van der Waals surface area (Å²) >= 11 is 1.63. The molecule has 1 amide bonds. The van der Waals surface area contributed by atoms with Gasteiger partial charge in [0, 0.05) is 10.4 Å². The minimum absolute atomic E-state index is 0.0269. The number of nitrogens with one attached hydrogen (secondary N) is 1. The maximum Gasteiger partial charge on any atom is 0.261 e. The van der Waals surface area contributed by atoms with Crippen LogP contribution in [-0.4, -0.2) is 32.9 Å². The quantitative estimate of drug-likeness (QED) is 0.536. The van der Waals surface area contributed by atoms with Crippen molar-refractivity contribution in [2.45, 2.75) is 19.9 Å². The smallest absolute Gasteiger partial charge is 0.261 e. The van der Waals surface area contributed by atoms with Crippen molar-refractivity contribution in [1.82, 2.24) is 5.32 Å². The third-order valence-electron chi connectivity index (χ3n) is 3.71. The molecular formula is C19H24N2O4S. The van der Waals surface area contributed by atoms with E-state index in [1.54, 1.807) is 37.7 Å². The first-order valence-corrected chi connectivity index (χ1v) is 9.13. The molecule has 2 aromatic rings. The molecular weight excluding hydrogens is 352 g/mol. The number of benzene rings is 1. The van der Waals surface area contributed by atoms with Crippen LogP contribution in [0, 0.1) is 5.92 Å². The van der Waals surface area contributed by atoms with Gasteiger partial charge >= 0.3 is 0 Å². The Labute approximate surface area is 157 Å². The summed E-state index contributed by atoms with van der Waals surface area (Å²) in [5, 5.41) is 8.84. The van der Waals surface area contributed by atoms with Gasteiger partial charge in [-0.1, -0.05) is 25.1 Å². The van der Waals surface area contributed by atoms with Gasteiger partial charge in [0.15, 0.2) is 18.1 Å². The lowest BCUT2D eigenvalue weighted by atomic mass is 10.0. The average molecular weight is 376 g/mol. The van der Waals surface area contributed by atoms with Crippen molar-refractivity contribution in [1.29, 1.82) is 0 Å². The number of thiophene rings is 1. The first-order valence-electron chi connectivity index (χ1n) is 8.25. The third kappa shape index (κ3) is 5.49. The van der Waals surface area contributed by atoms with E-state index in [2.05, 4.69) is 24.3 Å². The molecule has 140 valence electrons. The zero-order valence-corrected chi connectivity index (χ0v) is 16.2. The lowest BCUT2D eigenvalue weighted by Crippen LogP contribution is -2.33. The summed E-state index contributed by atoms with van der Waals surface area (Å²) in [5.74, 6) is 1.32. The molecule has 0 radical (unpaired) electrons. The van der Waals surface area contributed by atoms with Gasteiger partial charge in [-0.15, -0.1) is 11.3 Å². The third-order valence-corrected chi connectivity index (χ3v) is 4.67. The van der Waals surface area contributed by atoms with Crippen LogP contribution in [0.15, 0.2) is 40.9 Å². The highest BCUT2D eigenvalue weighted by atomic mass is 32.1. The van der Waals surface area contributed by atoms with Gasteiger partial charge in [-0.2, -0.15) is 0 Å². The van der Waals surface area contributed by atoms with E-state index in [1.165, 1.54) is 6.21 Å². The van der Waals surface area contributed by atoms with Gasteiger partial charge in [0.2, 0.25) is 0 Å². The number of methoxy groups -OCH3 is 2. The Morgan fingerprint density at radius 1 is 1.23 bits per heavy atom. The number of rotatable bonds is 9. The molecule has 7 heteroatoms. The second kappa shape index (κ2) is 9.82. The molecule has 0 fully saturated rings. The Kier molecular flexibility index (Phi) is 7.47. The lowest BCUT2D eigenvalue weighted by molar-refractivity contribution is -0.126. The fraction of sp³-hybridized carbons (Fsp3) is 0.368. The minimum atomic E-state index is -0.207. The Morgan fingerprint density at radius 3 is 2.62 bits per heavy atom. The molecule has 0 bridgehead atoms. The zero-order valence-electron chi connectivity index (χ0n) is 15.4. The second-order valence-electron chi connectivity index (χ2n) is 5.93. The molecule has 6 nitrogen and oxygen atoms in total. The van der Waals surface area contributed by atoms with Crippen LogP contribution < -0.4 is 14.8 Å². The number of ether oxygens (including phenoxy) is 2. The van der Waals surface area contributed by atoms with Gasteiger partial charge in [0.05, 0.1) is 26.5 Å². The standard InChI is InChI=1S/C19H24N2O4S/c1-13(2)19(17-6-5-9-26-17)21-18(22)12-25-20-11-14-7-8-15(23-3)16(10-14)24-4/h5-11,13,19H,12H2,1-4H3,(H,21,22)/b20-11+. The molecule has 1 N–H and O–H groups in total. The van der Waals surface area contributed by atoms with E-state index in [0.717, 1.165) is 10.4 Å². The topological polar surface area (TPSA) is 69.2 Å². The molecule has 1 unspecified atom stereocenters. The largest absolute Gasteiger partial charge is 0.493 e. The number of nitrogens with zero attached hydrogens (tertiary/aromatic N) is 1. The van der Waals surface area contributed by atoms with Crippen molar-refractivity contribution >= 4 is 23.5 Å². The number of hydrogen-bond acceptors (Lipinski definition) is 6. The van der Waals surface area contributed by atoms with Crippen LogP contribution in [0.4, 0.5) is 0 Å². The molecule has 0 saturated heterocycles. The van der Waals surface area contributed by atoms with Crippen molar-refractivity contribution in [2.24, 2.45) is 11.1 Å². The van der Waals surface area contributed by atoms with Crippen molar-refractivity contribution in [3.8, 4) is 11.5 Å². The van der Waals surface area contributed by atoms with Crippen LogP contribution in [0.2, 0.25) is 0 Å². The normalized spacial score (nSPS) is 12.2. The van der Waals surface area contributed by atoms with Crippen LogP contribution >= 0.6 is 11.3 Å². The van der Waals surface area contributed by atoms with Crippen molar-refractivity contribution < 1.29 is 19.1 Å². The molecule has 0 aliphatic rings. The second-order valence-corrected chi connectivity index (χ2v) is 6.91. The monoisotopic (exact) mass is 376 g/mol. The number of hydrogen-bond donors (Lipinski definition) is 1. The summed E-state index contributed by atoms with van der Waals surface area (Å²) in [6.07, 6.45) is 1.52. The molecule has 1 atom stereocenters. The van der Waals surface area contributed by atoms with Crippen LogP contribution in [0.25, 0.3) is 0 Å². The lowest BCUT2D eigenvalue weighted by Gasteiger charge is -2.20. The maximum absolute atomic E-state index is 12.1. The van der Waals surface area contributed by atoms with Crippen molar-refractivity contribution in [3.63, 3.8) is 0 Å². The summed E-state index contributed by atoms with van der Waals surface area (Å²) in [4.78, 5) is 18.3. The summed E-state index contributed by atoms with van der Waals surface area (Å²) in [6.45, 7) is 4.00. The zero-order chi connectivity index (χ0) is 18.9. The van der Waals surface area contributed by atoms with Crippen LogP contribution in [0.3, 0.4) is 0 Å². The van der Waals surface area contributed by atoms with Crippen molar-refractivity contribution in [2.75, 3.05) is 20.8 Å². The Bertz CT molecular complexity index is 729. The number of carbonyl (C=O) groups excluding carboxylic acids is 1. The molecule has 0 aliphatic carbocycles. The van der Waals surface area contributed by atoms with Gasteiger partial charge in [0.25, 0.3) is 5.91 Å². The summed E-state index contributed by atoms with van der Waals surface area (Å²) in [7, 11) is 3.15. The van der Waals surface area contributed by atoms with Crippen LogP contribution in [-0.2, 0) is 9.63 Å². The predicted octanol–water partition coefficient (Wildman–Crippen LogP) is 3.63. The van der Waals surface area contributed by atoms with Gasteiger partial charge in [-0.3, -0.25) is 4.79 Å².